The number of carbonyl (C=O) groups excluding carboxylic acids is 1. The van der Waals surface area contributed by atoms with Crippen LogP contribution in [0, 0.1) is 0 Å². The van der Waals surface area contributed by atoms with Crippen molar-refractivity contribution in [3.8, 4) is 0 Å². The molecule has 0 unspecified atom stereocenters. The average Bonchev–Trinajstić information content (AvgIpc) is 2.62. The molecule has 0 atom stereocenters. The first kappa shape index (κ1) is 14.7. The highest BCUT2D eigenvalue weighted by Gasteiger charge is 2.08. The van der Waals surface area contributed by atoms with Gasteiger partial charge in [-0.15, -0.1) is 0 Å². The summed E-state index contributed by atoms with van der Waals surface area (Å²) in [6.07, 6.45) is 3.42. The van der Waals surface area contributed by atoms with Gasteiger partial charge < -0.3 is 10.6 Å². The zero-order valence-corrected chi connectivity index (χ0v) is 12.4. The van der Waals surface area contributed by atoms with Crippen LogP contribution >= 0.6 is 0 Å². The molecule has 0 bridgehead atoms. The Balaban J connectivity index is 1.65. The largest absolute Gasteiger partial charge is 0.347 e. The maximum absolute atomic E-state index is 12.2. The van der Waals surface area contributed by atoms with Crippen molar-refractivity contribution in [2.75, 3.05) is 5.32 Å². The number of hydrogen-bond acceptors (Lipinski definition) is 4. The lowest BCUT2D eigenvalue weighted by molar-refractivity contribution is 0.0946. The molecule has 23 heavy (non-hydrogen) atoms. The van der Waals surface area contributed by atoms with Gasteiger partial charge in [-0.05, 0) is 35.9 Å². The monoisotopic (exact) mass is 304 g/mol. The minimum atomic E-state index is -0.217. The number of nitrogens with zero attached hydrogens (tertiary/aromatic N) is 2. The number of nitrogens with one attached hydrogen (secondary N) is 2. The number of para-hydroxylation sites is 1. The fourth-order valence-electron chi connectivity index (χ4n) is 2.08. The second-order valence-corrected chi connectivity index (χ2v) is 4.94. The zero-order valence-electron chi connectivity index (χ0n) is 12.4. The van der Waals surface area contributed by atoms with Gasteiger partial charge in [0.15, 0.2) is 0 Å². The van der Waals surface area contributed by atoms with Crippen LogP contribution < -0.4 is 10.6 Å². The molecular formula is C18H16N4O. The lowest BCUT2D eigenvalue weighted by Gasteiger charge is -2.08. The molecule has 0 saturated heterocycles. The van der Waals surface area contributed by atoms with E-state index in [0.717, 1.165) is 11.3 Å². The molecule has 0 fully saturated rings. The Labute approximate surface area is 134 Å². The minimum absolute atomic E-state index is 0.217. The zero-order chi connectivity index (χ0) is 15.9. The van der Waals surface area contributed by atoms with E-state index in [9.17, 15) is 4.79 Å². The van der Waals surface area contributed by atoms with Crippen LogP contribution in [-0.2, 0) is 6.54 Å². The van der Waals surface area contributed by atoms with Crippen molar-refractivity contribution in [3.63, 3.8) is 0 Å². The van der Waals surface area contributed by atoms with Gasteiger partial charge in [0.1, 0.15) is 11.5 Å². The van der Waals surface area contributed by atoms with Crippen molar-refractivity contribution in [1.82, 2.24) is 15.3 Å². The third-order valence-electron chi connectivity index (χ3n) is 3.20. The highest BCUT2D eigenvalue weighted by Crippen LogP contribution is 2.14. The van der Waals surface area contributed by atoms with Crippen LogP contribution in [0.15, 0.2) is 73.1 Å². The van der Waals surface area contributed by atoms with E-state index in [-0.39, 0.29) is 5.91 Å². The first-order valence-electron chi connectivity index (χ1n) is 7.27. The van der Waals surface area contributed by atoms with Crippen molar-refractivity contribution >= 4 is 17.4 Å². The summed E-state index contributed by atoms with van der Waals surface area (Å²) in [6.45, 7) is 0.421. The first-order valence-corrected chi connectivity index (χ1v) is 7.27. The second kappa shape index (κ2) is 7.17. The summed E-state index contributed by atoms with van der Waals surface area (Å²) in [7, 11) is 0. The molecule has 1 amide bonds. The summed E-state index contributed by atoms with van der Waals surface area (Å²) in [6, 6.07) is 18.8. The number of rotatable bonds is 5. The molecule has 2 aromatic heterocycles. The summed E-state index contributed by atoms with van der Waals surface area (Å²) in [5.74, 6) is 0.413. The van der Waals surface area contributed by atoms with Gasteiger partial charge >= 0.3 is 0 Å². The molecule has 0 aliphatic carbocycles. The number of benzene rings is 1. The number of anilines is 2. The Morgan fingerprint density at radius 1 is 0.957 bits per heavy atom. The van der Waals surface area contributed by atoms with Crippen LogP contribution in [0.3, 0.4) is 0 Å². The number of carbonyl (C=O) groups is 1. The van der Waals surface area contributed by atoms with Gasteiger partial charge in [-0.25, -0.2) is 4.98 Å². The summed E-state index contributed by atoms with van der Waals surface area (Å²) < 4.78 is 0. The lowest BCUT2D eigenvalue weighted by Crippen LogP contribution is -2.24. The van der Waals surface area contributed by atoms with E-state index in [0.29, 0.717) is 18.1 Å². The molecule has 5 nitrogen and oxygen atoms in total. The third-order valence-corrected chi connectivity index (χ3v) is 3.20. The minimum Gasteiger partial charge on any atom is -0.347 e. The number of amides is 1. The van der Waals surface area contributed by atoms with Gasteiger partial charge in [0.25, 0.3) is 5.91 Å². The molecule has 0 spiro atoms. The van der Waals surface area contributed by atoms with Gasteiger partial charge in [-0.3, -0.25) is 9.78 Å². The predicted octanol–water partition coefficient (Wildman–Crippen LogP) is 3.15. The summed E-state index contributed by atoms with van der Waals surface area (Å²) >= 11 is 0. The van der Waals surface area contributed by atoms with Crippen LogP contribution in [0.4, 0.5) is 11.5 Å². The van der Waals surface area contributed by atoms with Crippen molar-refractivity contribution < 1.29 is 4.79 Å². The molecule has 2 N–H and O–H groups in total. The Hall–Kier alpha value is -3.21. The first-order chi connectivity index (χ1) is 11.3. The van der Waals surface area contributed by atoms with Gasteiger partial charge in [-0.1, -0.05) is 30.3 Å². The van der Waals surface area contributed by atoms with E-state index in [4.69, 9.17) is 0 Å². The average molecular weight is 304 g/mol. The molecule has 0 saturated carbocycles. The SMILES string of the molecule is O=C(NCc1cccnc1)c1cccc(Nc2ccccc2)n1. The maximum Gasteiger partial charge on any atom is 0.270 e. The highest BCUT2D eigenvalue weighted by atomic mass is 16.1. The van der Waals surface area contributed by atoms with E-state index in [2.05, 4.69) is 20.6 Å². The van der Waals surface area contributed by atoms with Crippen molar-refractivity contribution in [2.24, 2.45) is 0 Å². The van der Waals surface area contributed by atoms with Gasteiger partial charge in [0.2, 0.25) is 0 Å². The molecule has 3 rings (SSSR count). The maximum atomic E-state index is 12.2. The van der Waals surface area contributed by atoms with Crippen LogP contribution in [0.2, 0.25) is 0 Å². The van der Waals surface area contributed by atoms with Crippen LogP contribution in [0.25, 0.3) is 0 Å². The standard InChI is InChI=1S/C18H16N4O/c23-18(20-13-14-6-5-11-19-12-14)16-9-4-10-17(22-16)21-15-7-2-1-3-8-15/h1-12H,13H2,(H,20,23)(H,21,22). The molecule has 0 aliphatic rings. The van der Waals surface area contributed by atoms with Crippen molar-refractivity contribution in [3.05, 3.63) is 84.3 Å². The molecule has 5 heteroatoms. The smallest absolute Gasteiger partial charge is 0.270 e. The van der Waals surface area contributed by atoms with E-state index in [1.165, 1.54) is 0 Å². The fourth-order valence-corrected chi connectivity index (χ4v) is 2.08. The van der Waals surface area contributed by atoms with Crippen molar-refractivity contribution in [1.29, 1.82) is 0 Å². The van der Waals surface area contributed by atoms with E-state index in [1.54, 1.807) is 24.5 Å². The fraction of sp³-hybridized carbons (Fsp3) is 0.0556. The Bertz CT molecular complexity index is 775. The molecule has 2 heterocycles. The Kier molecular flexibility index (Phi) is 4.59. The summed E-state index contributed by atoms with van der Waals surface area (Å²) in [4.78, 5) is 20.6. The van der Waals surface area contributed by atoms with Crippen molar-refractivity contribution in [2.45, 2.75) is 6.54 Å². The Morgan fingerprint density at radius 3 is 2.61 bits per heavy atom. The molecule has 0 radical (unpaired) electrons. The Morgan fingerprint density at radius 2 is 1.83 bits per heavy atom. The van der Waals surface area contributed by atoms with E-state index in [1.807, 2.05) is 48.5 Å². The van der Waals surface area contributed by atoms with E-state index >= 15 is 0 Å². The summed E-state index contributed by atoms with van der Waals surface area (Å²) in [5.41, 5.74) is 2.24. The topological polar surface area (TPSA) is 66.9 Å². The quantitative estimate of drug-likeness (QED) is 0.760. The number of hydrogen-bond donors (Lipinski definition) is 2. The van der Waals surface area contributed by atoms with Gasteiger partial charge in [0, 0.05) is 24.6 Å². The molecule has 0 aliphatic heterocycles. The van der Waals surface area contributed by atoms with E-state index < -0.39 is 0 Å². The number of pyridine rings is 2. The van der Waals surface area contributed by atoms with Gasteiger partial charge in [-0.2, -0.15) is 0 Å². The van der Waals surface area contributed by atoms with Gasteiger partial charge in [0.05, 0.1) is 0 Å². The predicted molar refractivity (Wildman–Crippen MR) is 89.4 cm³/mol. The normalized spacial score (nSPS) is 10.1. The lowest BCUT2D eigenvalue weighted by atomic mass is 10.2. The third kappa shape index (κ3) is 4.14. The molecule has 1 aromatic carbocycles. The van der Waals surface area contributed by atoms with Crippen LogP contribution in [0.1, 0.15) is 16.1 Å². The highest BCUT2D eigenvalue weighted by molar-refractivity contribution is 5.92. The molecule has 114 valence electrons. The van der Waals surface area contributed by atoms with Crippen LogP contribution in [-0.4, -0.2) is 15.9 Å². The van der Waals surface area contributed by atoms with Crippen LogP contribution in [0.5, 0.6) is 0 Å². The second-order valence-electron chi connectivity index (χ2n) is 4.94. The number of aromatic nitrogens is 2. The molecular weight excluding hydrogens is 288 g/mol. The summed E-state index contributed by atoms with van der Waals surface area (Å²) in [5, 5.41) is 6.01. The molecule has 3 aromatic rings.